The molecule has 2 heterocycles. The van der Waals surface area contributed by atoms with Crippen molar-refractivity contribution in [3.8, 4) is 0 Å². The number of rotatable bonds is 6. The van der Waals surface area contributed by atoms with Crippen molar-refractivity contribution in [1.82, 2.24) is 19.9 Å². The number of hydrogen-bond donors (Lipinski definition) is 2. The maximum atomic E-state index is 12.2. The molecule has 0 unspecified atom stereocenters. The Kier molecular flexibility index (Phi) is 4.66. The summed E-state index contributed by atoms with van der Waals surface area (Å²) >= 11 is 0. The van der Waals surface area contributed by atoms with Gasteiger partial charge in [-0.3, -0.25) is 10.1 Å². The number of ether oxygens (including phenoxy) is 1. The number of hydrogen-bond acceptors (Lipinski definition) is 6. The van der Waals surface area contributed by atoms with Crippen molar-refractivity contribution in [3.05, 3.63) is 41.9 Å². The summed E-state index contributed by atoms with van der Waals surface area (Å²) in [7, 11) is -3.90. The fraction of sp³-hybridized carbons (Fsp3) is 0.250. The highest BCUT2D eigenvalue weighted by molar-refractivity contribution is 7.89. The van der Waals surface area contributed by atoms with Crippen LogP contribution in [0.4, 0.5) is 0 Å². The maximum absolute atomic E-state index is 12.2. The van der Waals surface area contributed by atoms with E-state index in [0.29, 0.717) is 0 Å². The van der Waals surface area contributed by atoms with Crippen LogP contribution < -0.4 is 4.72 Å². The first-order valence-electron chi connectivity index (χ1n) is 6.13. The zero-order valence-electron chi connectivity index (χ0n) is 11.2. The molecule has 2 rings (SSSR count). The van der Waals surface area contributed by atoms with Crippen LogP contribution in [0.25, 0.3) is 0 Å². The summed E-state index contributed by atoms with van der Waals surface area (Å²) in [6.07, 6.45) is 4.24. The van der Waals surface area contributed by atoms with Gasteiger partial charge < -0.3 is 4.74 Å². The Morgan fingerprint density at radius 3 is 2.76 bits per heavy atom. The number of nitrogens with one attached hydrogen (secondary N) is 2. The summed E-state index contributed by atoms with van der Waals surface area (Å²) in [6, 6.07) is 3.36. The van der Waals surface area contributed by atoms with E-state index in [-0.39, 0.29) is 23.7 Å². The van der Waals surface area contributed by atoms with Crippen LogP contribution in [-0.2, 0) is 21.3 Å². The van der Waals surface area contributed by atoms with Gasteiger partial charge in [0.25, 0.3) is 10.0 Å². The Labute approximate surface area is 121 Å². The molecule has 0 saturated heterocycles. The topological polar surface area (TPSA) is 114 Å². The lowest BCUT2D eigenvalue weighted by Gasteiger charge is -2.06. The van der Waals surface area contributed by atoms with E-state index in [2.05, 4.69) is 19.9 Å². The lowest BCUT2D eigenvalue weighted by atomic mass is 10.3. The number of pyridine rings is 1. The van der Waals surface area contributed by atoms with E-state index in [1.54, 1.807) is 31.5 Å². The summed E-state index contributed by atoms with van der Waals surface area (Å²) in [5.74, 6) is -0.740. The maximum Gasteiger partial charge on any atom is 0.342 e. The van der Waals surface area contributed by atoms with Crippen molar-refractivity contribution in [2.45, 2.75) is 18.5 Å². The number of sulfonamides is 1. The van der Waals surface area contributed by atoms with E-state index >= 15 is 0 Å². The van der Waals surface area contributed by atoms with Crippen molar-refractivity contribution >= 4 is 16.0 Å². The Hall–Kier alpha value is -2.26. The molecule has 0 aliphatic carbocycles. The number of nitrogens with zero attached hydrogens (tertiary/aromatic N) is 2. The van der Waals surface area contributed by atoms with Gasteiger partial charge in [0, 0.05) is 18.9 Å². The minimum Gasteiger partial charge on any atom is -0.462 e. The predicted octanol–water partition coefficient (Wildman–Crippen LogP) is 0.460. The van der Waals surface area contributed by atoms with E-state index in [1.807, 2.05) is 0 Å². The summed E-state index contributed by atoms with van der Waals surface area (Å²) in [6.45, 7) is 1.86. The fourth-order valence-corrected chi connectivity index (χ4v) is 2.68. The largest absolute Gasteiger partial charge is 0.462 e. The molecule has 0 amide bonds. The van der Waals surface area contributed by atoms with Gasteiger partial charge >= 0.3 is 5.97 Å². The van der Waals surface area contributed by atoms with E-state index in [1.165, 1.54) is 0 Å². The highest BCUT2D eigenvalue weighted by atomic mass is 32.2. The summed E-state index contributed by atoms with van der Waals surface area (Å²) in [5, 5.41) is 5.59. The number of esters is 1. The second kappa shape index (κ2) is 6.46. The first kappa shape index (κ1) is 15.1. The zero-order valence-corrected chi connectivity index (χ0v) is 12.1. The van der Waals surface area contributed by atoms with Gasteiger partial charge in [0.05, 0.1) is 12.8 Å². The van der Waals surface area contributed by atoms with Crippen molar-refractivity contribution in [3.63, 3.8) is 0 Å². The number of aromatic nitrogens is 3. The third-order valence-corrected chi connectivity index (χ3v) is 3.96. The fourth-order valence-electron chi connectivity index (χ4n) is 1.58. The Balaban J connectivity index is 2.17. The number of carbonyl (C=O) groups is 1. The standard InChI is InChI=1S/C12H14N4O4S/c1-2-20-12(17)10-8-14-16-11(10)21(18,19)15-7-9-3-5-13-6-4-9/h3-6,8,15H,2,7H2,1H3,(H,14,16). The molecule has 0 bridgehead atoms. The third-order valence-electron chi connectivity index (χ3n) is 2.58. The van der Waals surface area contributed by atoms with Crippen LogP contribution in [0.2, 0.25) is 0 Å². The van der Waals surface area contributed by atoms with Crippen molar-refractivity contribution in [1.29, 1.82) is 0 Å². The average molecular weight is 310 g/mol. The van der Waals surface area contributed by atoms with Gasteiger partial charge in [-0.25, -0.2) is 17.9 Å². The predicted molar refractivity (Wildman–Crippen MR) is 72.8 cm³/mol. The van der Waals surface area contributed by atoms with Crippen molar-refractivity contribution < 1.29 is 17.9 Å². The van der Waals surface area contributed by atoms with Gasteiger partial charge in [0.1, 0.15) is 5.56 Å². The minimum atomic E-state index is -3.90. The molecule has 2 aromatic rings. The lowest BCUT2D eigenvalue weighted by Crippen LogP contribution is -2.25. The van der Waals surface area contributed by atoms with Crippen LogP contribution in [0, 0.1) is 0 Å². The smallest absolute Gasteiger partial charge is 0.342 e. The van der Waals surface area contributed by atoms with Crippen LogP contribution in [0.1, 0.15) is 22.8 Å². The third kappa shape index (κ3) is 3.64. The molecule has 0 atom stereocenters. The molecule has 0 saturated carbocycles. The SMILES string of the molecule is CCOC(=O)c1cn[nH]c1S(=O)(=O)NCc1ccncc1. The van der Waals surface area contributed by atoms with Gasteiger partial charge in [-0.1, -0.05) is 0 Å². The summed E-state index contributed by atoms with van der Waals surface area (Å²) < 4.78 is 31.5. The molecule has 8 nitrogen and oxygen atoms in total. The zero-order chi connectivity index (χ0) is 15.3. The summed E-state index contributed by atoms with van der Waals surface area (Å²) in [4.78, 5) is 15.5. The first-order chi connectivity index (χ1) is 10.0. The quantitative estimate of drug-likeness (QED) is 0.749. The van der Waals surface area contributed by atoms with Crippen LogP contribution >= 0.6 is 0 Å². The molecule has 9 heteroatoms. The lowest BCUT2D eigenvalue weighted by molar-refractivity contribution is 0.0522. The molecule has 21 heavy (non-hydrogen) atoms. The van der Waals surface area contributed by atoms with Crippen LogP contribution in [-0.4, -0.2) is 36.2 Å². The Morgan fingerprint density at radius 2 is 2.10 bits per heavy atom. The number of H-pyrrole nitrogens is 1. The first-order valence-corrected chi connectivity index (χ1v) is 7.62. The molecule has 2 aromatic heterocycles. The molecule has 0 aliphatic rings. The summed E-state index contributed by atoms with van der Waals surface area (Å²) in [5.41, 5.74) is 0.616. The monoisotopic (exact) mass is 310 g/mol. The molecule has 0 aromatic carbocycles. The van der Waals surface area contributed by atoms with E-state index < -0.39 is 16.0 Å². The van der Waals surface area contributed by atoms with Crippen LogP contribution in [0.5, 0.6) is 0 Å². The molecule has 0 radical (unpaired) electrons. The highest BCUT2D eigenvalue weighted by Crippen LogP contribution is 2.13. The van der Waals surface area contributed by atoms with E-state index in [0.717, 1.165) is 11.8 Å². The molecular weight excluding hydrogens is 296 g/mol. The minimum absolute atomic E-state index is 0.0755. The Bertz CT molecular complexity index is 712. The van der Waals surface area contributed by atoms with Crippen LogP contribution in [0.3, 0.4) is 0 Å². The second-order valence-corrected chi connectivity index (χ2v) is 5.72. The van der Waals surface area contributed by atoms with Crippen molar-refractivity contribution in [2.75, 3.05) is 6.61 Å². The Morgan fingerprint density at radius 1 is 1.38 bits per heavy atom. The molecule has 2 N–H and O–H groups in total. The highest BCUT2D eigenvalue weighted by Gasteiger charge is 2.25. The number of carbonyl (C=O) groups excluding carboxylic acids is 1. The molecule has 0 fully saturated rings. The second-order valence-electron chi connectivity index (χ2n) is 4.01. The van der Waals surface area contributed by atoms with Crippen LogP contribution in [0.15, 0.2) is 35.7 Å². The van der Waals surface area contributed by atoms with Gasteiger partial charge in [-0.2, -0.15) is 5.10 Å². The van der Waals surface area contributed by atoms with Gasteiger partial charge in [-0.15, -0.1) is 0 Å². The van der Waals surface area contributed by atoms with E-state index in [4.69, 9.17) is 4.74 Å². The van der Waals surface area contributed by atoms with Crippen molar-refractivity contribution in [2.24, 2.45) is 0 Å². The average Bonchev–Trinajstić information content (AvgIpc) is 2.97. The normalized spacial score (nSPS) is 11.3. The molecule has 0 aliphatic heterocycles. The van der Waals surface area contributed by atoms with Gasteiger partial charge in [0.15, 0.2) is 5.03 Å². The van der Waals surface area contributed by atoms with Gasteiger partial charge in [0.2, 0.25) is 0 Å². The molecule has 112 valence electrons. The molecule has 0 spiro atoms. The number of aromatic amines is 1. The molecular formula is C12H14N4O4S. The van der Waals surface area contributed by atoms with Gasteiger partial charge in [-0.05, 0) is 24.6 Å². The van der Waals surface area contributed by atoms with E-state index in [9.17, 15) is 13.2 Å².